The Morgan fingerprint density at radius 2 is 2.18 bits per heavy atom. The molecule has 0 spiro atoms. The fourth-order valence-corrected chi connectivity index (χ4v) is 3.16. The standard InChI is InChI=1S/C15H17F2N3S2/c1-21-12-5-4-11(7-10(12)8-19-9-14(16)17)20-15(18)13-3-2-6-22-13/h2-7,14,19H,8-9H2,1H3,(H2,18,20). The van der Waals surface area contributed by atoms with Crippen LogP contribution in [0.25, 0.3) is 0 Å². The maximum Gasteiger partial charge on any atom is 0.250 e. The van der Waals surface area contributed by atoms with Crippen molar-refractivity contribution in [2.45, 2.75) is 17.9 Å². The quantitative estimate of drug-likeness (QED) is 0.401. The minimum Gasteiger partial charge on any atom is -0.340 e. The number of hydrogen-bond donors (Lipinski definition) is 3. The summed E-state index contributed by atoms with van der Waals surface area (Å²) in [6.07, 6.45) is -0.404. The highest BCUT2D eigenvalue weighted by molar-refractivity contribution is 7.98. The van der Waals surface area contributed by atoms with Gasteiger partial charge in [-0.3, -0.25) is 5.41 Å². The normalized spacial score (nSPS) is 10.9. The molecule has 0 saturated carbocycles. The number of nitrogens with one attached hydrogen (secondary N) is 3. The molecule has 7 heteroatoms. The Morgan fingerprint density at radius 1 is 1.36 bits per heavy atom. The lowest BCUT2D eigenvalue weighted by Crippen LogP contribution is -2.21. The van der Waals surface area contributed by atoms with Crippen LogP contribution in [0.3, 0.4) is 0 Å². The smallest absolute Gasteiger partial charge is 0.250 e. The topological polar surface area (TPSA) is 47.9 Å². The van der Waals surface area contributed by atoms with Gasteiger partial charge in [0.05, 0.1) is 11.4 Å². The molecule has 0 saturated heterocycles. The van der Waals surface area contributed by atoms with Crippen LogP contribution in [0.4, 0.5) is 14.5 Å². The number of amidine groups is 1. The van der Waals surface area contributed by atoms with Gasteiger partial charge >= 0.3 is 0 Å². The molecule has 3 N–H and O–H groups in total. The van der Waals surface area contributed by atoms with Crippen molar-refractivity contribution in [3.8, 4) is 0 Å². The molecular formula is C15H17F2N3S2. The first-order valence-corrected chi connectivity index (χ1v) is 8.76. The summed E-state index contributed by atoms with van der Waals surface area (Å²) in [6.45, 7) is 0.0544. The average Bonchev–Trinajstić information content (AvgIpc) is 3.01. The van der Waals surface area contributed by atoms with E-state index in [-0.39, 0.29) is 6.54 Å². The van der Waals surface area contributed by atoms with Crippen LogP contribution >= 0.6 is 23.1 Å². The summed E-state index contributed by atoms with van der Waals surface area (Å²) in [7, 11) is 0. The zero-order chi connectivity index (χ0) is 15.9. The van der Waals surface area contributed by atoms with Crippen molar-refractivity contribution in [3.05, 3.63) is 46.2 Å². The molecule has 0 aliphatic heterocycles. The van der Waals surface area contributed by atoms with Crippen LogP contribution in [0, 0.1) is 5.41 Å². The van der Waals surface area contributed by atoms with Crippen molar-refractivity contribution < 1.29 is 8.78 Å². The summed E-state index contributed by atoms with van der Waals surface area (Å²) >= 11 is 3.07. The number of alkyl halides is 2. The van der Waals surface area contributed by atoms with Crippen LogP contribution in [0.5, 0.6) is 0 Å². The van der Waals surface area contributed by atoms with E-state index < -0.39 is 6.43 Å². The monoisotopic (exact) mass is 341 g/mol. The molecule has 0 amide bonds. The first-order chi connectivity index (χ1) is 10.6. The molecule has 0 unspecified atom stereocenters. The third-order valence-electron chi connectivity index (χ3n) is 2.93. The molecule has 0 aliphatic rings. The van der Waals surface area contributed by atoms with E-state index in [0.717, 1.165) is 21.0 Å². The lowest BCUT2D eigenvalue weighted by atomic mass is 10.2. The molecule has 1 aromatic carbocycles. The number of hydrogen-bond acceptors (Lipinski definition) is 4. The predicted molar refractivity (Wildman–Crippen MR) is 90.7 cm³/mol. The summed E-state index contributed by atoms with van der Waals surface area (Å²) in [5, 5.41) is 15.7. The second kappa shape index (κ2) is 8.26. The number of halogens is 2. The van der Waals surface area contributed by atoms with E-state index in [0.29, 0.717) is 12.4 Å². The molecule has 118 valence electrons. The van der Waals surface area contributed by atoms with Crippen LogP contribution in [0.1, 0.15) is 10.4 Å². The first kappa shape index (κ1) is 16.9. The van der Waals surface area contributed by atoms with Gasteiger partial charge in [0.15, 0.2) is 0 Å². The van der Waals surface area contributed by atoms with Crippen LogP contribution in [0.2, 0.25) is 0 Å². The molecule has 2 aromatic rings. The molecule has 1 heterocycles. The van der Waals surface area contributed by atoms with Crippen molar-refractivity contribution in [2.75, 3.05) is 18.1 Å². The largest absolute Gasteiger partial charge is 0.340 e. The maximum atomic E-state index is 12.2. The Morgan fingerprint density at radius 3 is 2.82 bits per heavy atom. The highest BCUT2D eigenvalue weighted by Gasteiger charge is 2.08. The Bertz CT molecular complexity index is 615. The zero-order valence-corrected chi connectivity index (χ0v) is 13.7. The van der Waals surface area contributed by atoms with E-state index >= 15 is 0 Å². The van der Waals surface area contributed by atoms with Crippen molar-refractivity contribution in [2.24, 2.45) is 0 Å². The minimum absolute atomic E-state index is 0.323. The molecule has 0 fully saturated rings. The lowest BCUT2D eigenvalue weighted by Gasteiger charge is -2.12. The molecule has 22 heavy (non-hydrogen) atoms. The molecular weight excluding hydrogens is 324 g/mol. The van der Waals surface area contributed by atoms with E-state index in [1.807, 2.05) is 42.0 Å². The molecule has 3 nitrogen and oxygen atoms in total. The summed E-state index contributed by atoms with van der Waals surface area (Å²) < 4.78 is 24.4. The van der Waals surface area contributed by atoms with Crippen LogP contribution in [-0.4, -0.2) is 25.1 Å². The van der Waals surface area contributed by atoms with Gasteiger partial charge in [0, 0.05) is 17.1 Å². The Hall–Kier alpha value is -1.44. The number of rotatable bonds is 7. The third-order valence-corrected chi connectivity index (χ3v) is 4.66. The van der Waals surface area contributed by atoms with Gasteiger partial charge in [-0.1, -0.05) is 6.07 Å². The summed E-state index contributed by atoms with van der Waals surface area (Å²) in [4.78, 5) is 1.89. The Labute approximate surface area is 136 Å². The van der Waals surface area contributed by atoms with E-state index in [4.69, 9.17) is 5.41 Å². The van der Waals surface area contributed by atoms with E-state index in [9.17, 15) is 8.78 Å². The highest BCUT2D eigenvalue weighted by atomic mass is 32.2. The van der Waals surface area contributed by atoms with Crippen LogP contribution in [0.15, 0.2) is 40.6 Å². The first-order valence-electron chi connectivity index (χ1n) is 6.65. The van der Waals surface area contributed by atoms with Crippen molar-refractivity contribution in [1.29, 1.82) is 5.41 Å². The minimum atomic E-state index is -2.36. The predicted octanol–water partition coefficient (Wildman–Crippen LogP) is 4.26. The third kappa shape index (κ3) is 4.79. The average molecular weight is 341 g/mol. The molecule has 2 rings (SSSR count). The molecule has 0 bridgehead atoms. The fraction of sp³-hybridized carbons (Fsp3) is 0.267. The molecule has 0 aliphatic carbocycles. The second-order valence-corrected chi connectivity index (χ2v) is 6.32. The highest BCUT2D eigenvalue weighted by Crippen LogP contribution is 2.24. The van der Waals surface area contributed by atoms with Gasteiger partial charge in [0.1, 0.15) is 5.84 Å². The van der Waals surface area contributed by atoms with Gasteiger partial charge in [-0.05, 0) is 41.5 Å². The van der Waals surface area contributed by atoms with Crippen LogP contribution < -0.4 is 10.6 Å². The van der Waals surface area contributed by atoms with E-state index in [2.05, 4.69) is 10.6 Å². The molecule has 0 atom stereocenters. The van der Waals surface area contributed by atoms with Gasteiger partial charge in [-0.25, -0.2) is 8.78 Å². The van der Waals surface area contributed by atoms with Gasteiger partial charge in [-0.15, -0.1) is 23.1 Å². The number of benzene rings is 1. The van der Waals surface area contributed by atoms with Crippen molar-refractivity contribution >= 4 is 34.6 Å². The summed E-state index contributed by atoms with van der Waals surface area (Å²) in [6, 6.07) is 9.50. The van der Waals surface area contributed by atoms with Gasteiger partial charge in [-0.2, -0.15) is 0 Å². The van der Waals surface area contributed by atoms with E-state index in [1.54, 1.807) is 11.8 Å². The zero-order valence-electron chi connectivity index (χ0n) is 12.0. The van der Waals surface area contributed by atoms with Crippen molar-refractivity contribution in [1.82, 2.24) is 5.32 Å². The Kier molecular flexibility index (Phi) is 6.35. The lowest BCUT2D eigenvalue weighted by molar-refractivity contribution is 0.145. The summed E-state index contributed by atoms with van der Waals surface area (Å²) in [5.41, 5.74) is 1.72. The van der Waals surface area contributed by atoms with Gasteiger partial charge < -0.3 is 10.6 Å². The number of anilines is 1. The second-order valence-electron chi connectivity index (χ2n) is 4.53. The maximum absolute atomic E-state index is 12.2. The Balaban J connectivity index is 2.07. The van der Waals surface area contributed by atoms with Crippen molar-refractivity contribution in [3.63, 3.8) is 0 Å². The van der Waals surface area contributed by atoms with Gasteiger partial charge in [0.25, 0.3) is 6.43 Å². The molecule has 0 radical (unpaired) electrons. The number of thioether (sulfide) groups is 1. The number of thiophene rings is 1. The summed E-state index contributed by atoms with van der Waals surface area (Å²) in [5.74, 6) is 0.332. The SMILES string of the molecule is CSc1ccc(NC(=N)c2cccs2)cc1CNCC(F)F. The molecule has 1 aromatic heterocycles. The van der Waals surface area contributed by atoms with Crippen LogP contribution in [-0.2, 0) is 6.54 Å². The fourth-order valence-electron chi connectivity index (χ4n) is 1.94. The van der Waals surface area contributed by atoms with Gasteiger partial charge in [0.2, 0.25) is 0 Å². The van der Waals surface area contributed by atoms with E-state index in [1.165, 1.54) is 11.3 Å².